The maximum absolute atomic E-state index is 0. The van der Waals surface area contributed by atoms with Crippen molar-refractivity contribution in [2.75, 3.05) is 0 Å². The predicted octanol–water partition coefficient (Wildman–Crippen LogP) is -0.421. The van der Waals surface area contributed by atoms with Crippen molar-refractivity contribution in [3.63, 3.8) is 0 Å². The molecule has 0 amide bonds. The molecule has 0 spiro atoms. The molecule has 0 fully saturated rings. The Labute approximate surface area is 47.7 Å². The van der Waals surface area contributed by atoms with Crippen LogP contribution in [0.4, 0.5) is 0 Å². The minimum absolute atomic E-state index is 0. The minimum atomic E-state index is 0. The standard InChI is InChI=1S/C.Al.Fe.O/q+4;+3;+2;-2. The van der Waals surface area contributed by atoms with Gasteiger partial charge in [-0.15, -0.1) is 0 Å². The van der Waals surface area contributed by atoms with Gasteiger partial charge in [-0.3, -0.25) is 0 Å². The van der Waals surface area contributed by atoms with E-state index in [0.717, 1.165) is 0 Å². The van der Waals surface area contributed by atoms with Crippen molar-refractivity contribution in [2.24, 2.45) is 0 Å². The van der Waals surface area contributed by atoms with Crippen LogP contribution in [0.5, 0.6) is 0 Å². The van der Waals surface area contributed by atoms with Crippen LogP contribution in [-0.2, 0) is 22.5 Å². The summed E-state index contributed by atoms with van der Waals surface area (Å²) in [5.41, 5.74) is 0. The van der Waals surface area contributed by atoms with Crippen molar-refractivity contribution in [3.05, 3.63) is 7.43 Å². The zero-order chi connectivity index (χ0) is 0. The summed E-state index contributed by atoms with van der Waals surface area (Å²) in [7, 11) is 0. The van der Waals surface area contributed by atoms with Crippen molar-refractivity contribution in [3.8, 4) is 0 Å². The average molecular weight is 111 g/mol. The summed E-state index contributed by atoms with van der Waals surface area (Å²) in [6, 6.07) is 0. The van der Waals surface area contributed by atoms with Gasteiger partial charge in [-0.25, -0.2) is 0 Å². The van der Waals surface area contributed by atoms with E-state index in [0.29, 0.717) is 0 Å². The molecule has 0 bridgehead atoms. The Morgan fingerprint density at radius 2 is 1.00 bits per heavy atom. The van der Waals surface area contributed by atoms with Gasteiger partial charge in [-0.2, -0.15) is 0 Å². The average Bonchev–Trinajstić information content (AvgIpc) is 0. The van der Waals surface area contributed by atoms with E-state index in [-0.39, 0.29) is 47.3 Å². The molecule has 0 atom stereocenters. The second-order valence-corrected chi connectivity index (χ2v) is 0. The first-order chi connectivity index (χ1) is 0. The molecular weight excluding hydrogens is 111 g/mol. The van der Waals surface area contributed by atoms with E-state index >= 15 is 0 Å². The van der Waals surface area contributed by atoms with Gasteiger partial charge < -0.3 is 5.48 Å². The molecule has 0 aliphatic rings. The fraction of sp³-hybridized carbons (Fsp3) is 0. The number of hydrogen-bond donors (Lipinski definition) is 0. The van der Waals surface area contributed by atoms with Gasteiger partial charge in [0.25, 0.3) is 0 Å². The zero-order valence-corrected chi connectivity index (χ0v) is 4.10. The van der Waals surface area contributed by atoms with Crippen molar-refractivity contribution >= 4 is 17.4 Å². The first-order valence-electron chi connectivity index (χ1n) is 0. The summed E-state index contributed by atoms with van der Waals surface area (Å²) in [6.07, 6.45) is 0. The summed E-state index contributed by atoms with van der Waals surface area (Å²) in [5.74, 6) is 0. The van der Waals surface area contributed by atoms with E-state index in [4.69, 9.17) is 0 Å². The van der Waals surface area contributed by atoms with Gasteiger partial charge >= 0.3 is 41.9 Å². The van der Waals surface area contributed by atoms with E-state index < -0.39 is 0 Å². The smallest absolute Gasteiger partial charge is 2.00 e. The van der Waals surface area contributed by atoms with E-state index in [1.165, 1.54) is 0 Å². The van der Waals surface area contributed by atoms with Crippen molar-refractivity contribution in [1.82, 2.24) is 0 Å². The van der Waals surface area contributed by atoms with Crippen LogP contribution in [0.15, 0.2) is 0 Å². The van der Waals surface area contributed by atoms with Crippen LogP contribution < -0.4 is 0 Å². The van der Waals surface area contributed by atoms with Crippen LogP contribution in [0.2, 0.25) is 0 Å². The molecule has 1 nitrogen and oxygen atoms in total. The van der Waals surface area contributed by atoms with Crippen LogP contribution >= 0.6 is 0 Å². The maximum atomic E-state index is 0. The van der Waals surface area contributed by atoms with Crippen molar-refractivity contribution in [2.45, 2.75) is 0 Å². The second kappa shape index (κ2) is 35.5. The Balaban J connectivity index is 0. The van der Waals surface area contributed by atoms with Gasteiger partial charge in [0.05, 0.1) is 0 Å². The summed E-state index contributed by atoms with van der Waals surface area (Å²) in [5, 5.41) is 0. The Morgan fingerprint density at radius 1 is 1.00 bits per heavy atom. The molecule has 0 aromatic heterocycles. The Kier molecular flexibility index (Phi) is 700. The molecule has 14 valence electrons. The number of hydrogen-bond acceptors (Lipinski definition) is 0. The summed E-state index contributed by atoms with van der Waals surface area (Å²) in [4.78, 5) is 0. The third kappa shape index (κ3) is 11.9. The van der Waals surface area contributed by atoms with E-state index in [1.54, 1.807) is 0 Å². The van der Waals surface area contributed by atoms with Gasteiger partial charge in [-0.1, -0.05) is 0 Å². The van der Waals surface area contributed by atoms with Crippen molar-refractivity contribution < 1.29 is 22.5 Å². The SMILES string of the molecule is [Al+3].[C+4].[Fe+2].[O-2]. The van der Waals surface area contributed by atoms with Crippen LogP contribution in [0.25, 0.3) is 0 Å². The van der Waals surface area contributed by atoms with Gasteiger partial charge in [0.15, 0.2) is 0 Å². The predicted molar refractivity (Wildman–Crippen MR) is 9.68 cm³/mol. The van der Waals surface area contributed by atoms with E-state index in [9.17, 15) is 0 Å². The fourth-order valence-corrected chi connectivity index (χ4v) is 0. The van der Waals surface area contributed by atoms with Crippen molar-refractivity contribution in [1.29, 1.82) is 0 Å². The second-order valence-electron chi connectivity index (χ2n) is 0. The molecule has 0 rings (SSSR count). The number of rotatable bonds is 0. The normalized spacial score (nSPS) is 0. The first-order valence-corrected chi connectivity index (χ1v) is 0. The van der Waals surface area contributed by atoms with Gasteiger partial charge in [0.2, 0.25) is 0 Å². The van der Waals surface area contributed by atoms with Gasteiger partial charge in [0.1, 0.15) is 0 Å². The minimum Gasteiger partial charge on any atom is -2.00 e. The Hall–Kier alpha value is 1.01. The quantitative estimate of drug-likeness (QED) is 0.379. The van der Waals surface area contributed by atoms with E-state index in [2.05, 4.69) is 0 Å². The summed E-state index contributed by atoms with van der Waals surface area (Å²) in [6.45, 7) is 0. The van der Waals surface area contributed by atoms with Gasteiger partial charge in [0, 0.05) is 0 Å². The molecule has 0 aliphatic carbocycles. The molecule has 0 N–H and O–H groups in total. The Bertz CT molecular complexity index is 8.00. The molecule has 4 heavy (non-hydrogen) atoms. The Morgan fingerprint density at radius 3 is 1.00 bits per heavy atom. The van der Waals surface area contributed by atoms with Gasteiger partial charge in [-0.05, 0) is 0 Å². The fourth-order valence-electron chi connectivity index (χ4n) is 0. The zero-order valence-electron chi connectivity index (χ0n) is 1.84. The van der Waals surface area contributed by atoms with Crippen LogP contribution in [-0.4, -0.2) is 17.4 Å². The van der Waals surface area contributed by atoms with Crippen LogP contribution in [0.3, 0.4) is 0 Å². The molecule has 0 heterocycles. The maximum Gasteiger partial charge on any atom is 4.00 e. The molecule has 0 aliphatic heterocycles. The molecule has 0 saturated heterocycles. The van der Waals surface area contributed by atoms with E-state index in [1.807, 2.05) is 0 Å². The third-order valence-corrected chi connectivity index (χ3v) is 0. The monoisotopic (exact) mass is 111 g/mol. The molecule has 0 saturated carbocycles. The molecular formula is CAlFeO+7. The molecule has 0 aromatic rings. The summed E-state index contributed by atoms with van der Waals surface area (Å²) >= 11 is 0. The largest absolute Gasteiger partial charge is 4.00 e. The van der Waals surface area contributed by atoms with Crippen LogP contribution in [0.1, 0.15) is 0 Å². The molecule has 3 heteroatoms. The van der Waals surface area contributed by atoms with Crippen LogP contribution in [0, 0.1) is 7.43 Å². The summed E-state index contributed by atoms with van der Waals surface area (Å²) < 4.78 is 0. The first kappa shape index (κ1) is 78.8. The molecule has 0 aromatic carbocycles. The topological polar surface area (TPSA) is 28.5 Å². The molecule has 0 radical (unpaired) electrons. The third-order valence-electron chi connectivity index (χ3n) is 0. The molecule has 0 unspecified atom stereocenters.